The summed E-state index contributed by atoms with van der Waals surface area (Å²) in [6, 6.07) is 13.4. The third kappa shape index (κ3) is 4.64. The first-order chi connectivity index (χ1) is 14.5. The summed E-state index contributed by atoms with van der Waals surface area (Å²) in [7, 11) is 0. The Morgan fingerprint density at radius 3 is 2.73 bits per heavy atom. The summed E-state index contributed by atoms with van der Waals surface area (Å²) in [5.74, 6) is 1.81. The van der Waals surface area contributed by atoms with Gasteiger partial charge in [-0.05, 0) is 62.6 Å². The zero-order valence-corrected chi connectivity index (χ0v) is 18.9. The molecular formula is C24H26BrN3O2. The molecule has 2 aromatic carbocycles. The first kappa shape index (κ1) is 20.8. The molecule has 1 aliphatic rings. The average molecular weight is 468 g/mol. The normalized spacial score (nSPS) is 15.3. The molecule has 0 N–H and O–H groups in total. The fraction of sp³-hybridized carbons (Fsp3) is 0.375. The predicted octanol–water partition coefficient (Wildman–Crippen LogP) is 5.88. The Morgan fingerprint density at radius 1 is 1.17 bits per heavy atom. The molecule has 0 spiro atoms. The van der Waals surface area contributed by atoms with Crippen molar-refractivity contribution in [1.29, 1.82) is 0 Å². The molecule has 5 nitrogen and oxygen atoms in total. The van der Waals surface area contributed by atoms with Gasteiger partial charge in [0.05, 0.1) is 23.2 Å². The van der Waals surface area contributed by atoms with E-state index in [4.69, 9.17) is 9.72 Å². The fourth-order valence-corrected chi connectivity index (χ4v) is 4.33. The van der Waals surface area contributed by atoms with Crippen LogP contribution in [0.3, 0.4) is 0 Å². The second-order valence-corrected chi connectivity index (χ2v) is 8.98. The number of hydrogen-bond donors (Lipinski definition) is 0. The molecule has 30 heavy (non-hydrogen) atoms. The number of hydrogen-bond acceptors (Lipinski definition) is 4. The zero-order valence-electron chi connectivity index (χ0n) is 17.3. The second kappa shape index (κ2) is 9.13. The number of halogens is 1. The van der Waals surface area contributed by atoms with Crippen molar-refractivity contribution in [3.63, 3.8) is 0 Å². The van der Waals surface area contributed by atoms with Gasteiger partial charge in [-0.3, -0.25) is 4.79 Å². The maximum Gasteiger partial charge on any atom is 0.282 e. The Labute approximate surface area is 184 Å². The van der Waals surface area contributed by atoms with Crippen LogP contribution < -0.4 is 10.3 Å². The van der Waals surface area contributed by atoms with Gasteiger partial charge in [-0.1, -0.05) is 47.3 Å². The first-order valence-electron chi connectivity index (χ1n) is 10.5. The van der Waals surface area contributed by atoms with Crippen LogP contribution in [0.1, 0.15) is 63.3 Å². The highest BCUT2D eigenvalue weighted by molar-refractivity contribution is 9.10. The number of ether oxygens (including phenoxy) is 1. The molecule has 0 aliphatic heterocycles. The Hall–Kier alpha value is -2.47. The van der Waals surface area contributed by atoms with Crippen LogP contribution in [0.25, 0.3) is 10.9 Å². The number of fused-ring (bicyclic) bond motifs is 1. The van der Waals surface area contributed by atoms with Crippen LogP contribution in [0.15, 0.2) is 56.8 Å². The van der Waals surface area contributed by atoms with Gasteiger partial charge >= 0.3 is 0 Å². The van der Waals surface area contributed by atoms with Gasteiger partial charge in [0.15, 0.2) is 0 Å². The number of rotatable bonds is 5. The summed E-state index contributed by atoms with van der Waals surface area (Å²) in [6.07, 6.45) is 7.47. The van der Waals surface area contributed by atoms with E-state index in [1.165, 1.54) is 11.1 Å². The van der Waals surface area contributed by atoms with Crippen LogP contribution in [0.4, 0.5) is 0 Å². The Balaban J connectivity index is 1.79. The minimum Gasteiger partial charge on any atom is -0.491 e. The van der Waals surface area contributed by atoms with Crippen LogP contribution in [0.5, 0.6) is 5.75 Å². The summed E-state index contributed by atoms with van der Waals surface area (Å²) in [5.41, 5.74) is 1.47. The van der Waals surface area contributed by atoms with Crippen molar-refractivity contribution in [3.05, 3.63) is 68.7 Å². The van der Waals surface area contributed by atoms with Gasteiger partial charge in [-0.2, -0.15) is 9.78 Å². The molecule has 0 atom stereocenters. The largest absolute Gasteiger partial charge is 0.491 e. The van der Waals surface area contributed by atoms with Crippen molar-refractivity contribution in [2.75, 3.05) is 0 Å². The van der Waals surface area contributed by atoms with E-state index in [9.17, 15) is 4.79 Å². The smallest absolute Gasteiger partial charge is 0.282 e. The second-order valence-electron chi connectivity index (χ2n) is 8.07. The molecule has 6 heteroatoms. The molecule has 0 amide bonds. The molecule has 0 radical (unpaired) electrons. The molecule has 0 saturated heterocycles. The average Bonchev–Trinajstić information content (AvgIpc) is 2.74. The molecule has 1 aliphatic carbocycles. The van der Waals surface area contributed by atoms with E-state index in [0.29, 0.717) is 5.39 Å². The fourth-order valence-electron chi connectivity index (χ4n) is 3.97. The zero-order chi connectivity index (χ0) is 21.1. The molecule has 4 rings (SSSR count). The lowest BCUT2D eigenvalue weighted by molar-refractivity contribution is 0.242. The summed E-state index contributed by atoms with van der Waals surface area (Å²) >= 11 is 3.46. The van der Waals surface area contributed by atoms with Gasteiger partial charge in [0.25, 0.3) is 5.56 Å². The molecule has 1 aromatic heterocycles. The van der Waals surface area contributed by atoms with E-state index in [1.54, 1.807) is 6.21 Å². The summed E-state index contributed by atoms with van der Waals surface area (Å²) in [5, 5.41) is 5.16. The van der Waals surface area contributed by atoms with E-state index < -0.39 is 0 Å². The lowest BCUT2D eigenvalue weighted by Crippen LogP contribution is -2.25. The third-order valence-electron chi connectivity index (χ3n) is 5.36. The van der Waals surface area contributed by atoms with E-state index in [1.807, 2.05) is 56.3 Å². The Morgan fingerprint density at radius 2 is 1.97 bits per heavy atom. The van der Waals surface area contributed by atoms with Crippen LogP contribution in [-0.2, 0) is 0 Å². The van der Waals surface area contributed by atoms with Gasteiger partial charge in [-0.15, -0.1) is 0 Å². The topological polar surface area (TPSA) is 56.5 Å². The molecule has 0 bridgehead atoms. The Kier molecular flexibility index (Phi) is 6.32. The number of nitrogens with zero attached hydrogens (tertiary/aromatic N) is 3. The number of benzene rings is 2. The maximum atomic E-state index is 13.3. The molecule has 0 unspecified atom stereocenters. The summed E-state index contributed by atoms with van der Waals surface area (Å²) < 4.78 is 8.13. The highest BCUT2D eigenvalue weighted by atomic mass is 79.9. The van der Waals surface area contributed by atoms with E-state index in [2.05, 4.69) is 21.0 Å². The van der Waals surface area contributed by atoms with Gasteiger partial charge in [0.2, 0.25) is 0 Å². The van der Waals surface area contributed by atoms with Crippen LogP contribution in [0.2, 0.25) is 0 Å². The van der Waals surface area contributed by atoms with Gasteiger partial charge in [0.1, 0.15) is 11.6 Å². The molecule has 156 valence electrons. The highest BCUT2D eigenvalue weighted by Gasteiger charge is 2.22. The molecule has 3 aromatic rings. The molecular weight excluding hydrogens is 442 g/mol. The maximum absolute atomic E-state index is 13.3. The highest BCUT2D eigenvalue weighted by Crippen LogP contribution is 2.32. The molecule has 1 saturated carbocycles. The van der Waals surface area contributed by atoms with Gasteiger partial charge in [0, 0.05) is 10.4 Å². The monoisotopic (exact) mass is 467 g/mol. The summed E-state index contributed by atoms with van der Waals surface area (Å²) in [6.45, 7) is 3.99. The SMILES string of the molecule is CC(C)Oc1cccc(C=Nn2c(C3CCCCC3)nc3ccc(Br)cc3c2=O)c1. The molecule has 1 fully saturated rings. The quantitative estimate of drug-likeness (QED) is 0.440. The van der Waals surface area contributed by atoms with Crippen LogP contribution in [0, 0.1) is 0 Å². The minimum absolute atomic E-state index is 0.0980. The summed E-state index contributed by atoms with van der Waals surface area (Å²) in [4.78, 5) is 18.2. The van der Waals surface area contributed by atoms with Crippen molar-refractivity contribution >= 4 is 33.0 Å². The first-order valence-corrected chi connectivity index (χ1v) is 11.3. The lowest BCUT2D eigenvalue weighted by atomic mass is 9.88. The van der Waals surface area contributed by atoms with E-state index in [-0.39, 0.29) is 17.6 Å². The molecule has 1 heterocycles. The lowest BCUT2D eigenvalue weighted by Gasteiger charge is -2.22. The van der Waals surface area contributed by atoms with Gasteiger partial charge < -0.3 is 4.74 Å². The van der Waals surface area contributed by atoms with E-state index in [0.717, 1.165) is 52.8 Å². The predicted molar refractivity (Wildman–Crippen MR) is 125 cm³/mol. The Bertz CT molecular complexity index is 1130. The van der Waals surface area contributed by atoms with Crippen molar-refractivity contribution in [3.8, 4) is 5.75 Å². The van der Waals surface area contributed by atoms with Crippen LogP contribution in [-0.4, -0.2) is 22.0 Å². The van der Waals surface area contributed by atoms with Crippen molar-refractivity contribution in [2.45, 2.75) is 58.0 Å². The minimum atomic E-state index is -0.132. The van der Waals surface area contributed by atoms with Crippen molar-refractivity contribution < 1.29 is 4.74 Å². The van der Waals surface area contributed by atoms with Gasteiger partial charge in [-0.25, -0.2) is 4.98 Å². The van der Waals surface area contributed by atoms with Crippen molar-refractivity contribution in [1.82, 2.24) is 9.66 Å². The van der Waals surface area contributed by atoms with Crippen LogP contribution >= 0.6 is 15.9 Å². The standard InChI is InChI=1S/C24H26BrN3O2/c1-16(2)30-20-10-6-7-17(13-20)15-26-28-23(18-8-4-3-5-9-18)27-22-12-11-19(25)14-21(22)24(28)29/h6-7,10-16,18H,3-5,8-9H2,1-2H3. The number of aromatic nitrogens is 2. The van der Waals surface area contributed by atoms with E-state index >= 15 is 0 Å². The third-order valence-corrected chi connectivity index (χ3v) is 5.85. The van der Waals surface area contributed by atoms with Crippen molar-refractivity contribution in [2.24, 2.45) is 5.10 Å².